The molecule has 0 spiro atoms. The number of carbonyl (C=O) groups is 1. The Bertz CT molecular complexity index is 742. The van der Waals surface area contributed by atoms with E-state index >= 15 is 0 Å². The number of anilines is 1. The van der Waals surface area contributed by atoms with Crippen molar-refractivity contribution in [2.24, 2.45) is 0 Å². The van der Waals surface area contributed by atoms with Gasteiger partial charge in [-0.15, -0.1) is 11.6 Å². The molecule has 0 aliphatic heterocycles. The number of amides is 1. The smallest absolute Gasteiger partial charge is 0.250 e. The molecule has 0 atom stereocenters. The fourth-order valence-corrected chi connectivity index (χ4v) is 2.58. The van der Waals surface area contributed by atoms with Crippen molar-refractivity contribution in [3.8, 4) is 11.4 Å². The van der Waals surface area contributed by atoms with Crippen molar-refractivity contribution in [2.45, 2.75) is 7.59 Å². The van der Waals surface area contributed by atoms with Crippen molar-refractivity contribution in [1.82, 2.24) is 15.0 Å². The monoisotopic (exact) mass is 494 g/mol. The van der Waals surface area contributed by atoms with Crippen molar-refractivity contribution in [3.63, 3.8) is 0 Å². The highest BCUT2D eigenvalue weighted by atomic mass is 35.6. The molecule has 12 heteroatoms. The van der Waals surface area contributed by atoms with Crippen molar-refractivity contribution in [1.29, 1.82) is 0 Å². The van der Waals surface area contributed by atoms with Crippen LogP contribution in [0, 0.1) is 0 Å². The van der Waals surface area contributed by atoms with Gasteiger partial charge in [0, 0.05) is 23.7 Å². The third-order valence-corrected chi connectivity index (χ3v) is 4.24. The number of hydrogen-bond donors (Lipinski definition) is 0. The molecule has 140 valence electrons. The molecule has 0 fully saturated rings. The molecule has 0 bridgehead atoms. The summed E-state index contributed by atoms with van der Waals surface area (Å²) in [5.41, 5.74) is 1.18. The second kappa shape index (κ2) is 8.82. The topological polar surface area (TPSA) is 59.0 Å². The molecule has 0 saturated carbocycles. The largest absolute Gasteiger partial charge is 0.314 e. The molecule has 2 aromatic rings. The Kier molecular flexibility index (Phi) is 7.47. The summed E-state index contributed by atoms with van der Waals surface area (Å²) < 4.78 is -3.87. The Morgan fingerprint density at radius 3 is 1.77 bits per heavy atom. The van der Waals surface area contributed by atoms with E-state index in [0.29, 0.717) is 30.1 Å². The lowest BCUT2D eigenvalue weighted by atomic mass is 10.2. The number of carbonyl (C=O) groups excluding carboxylic acids is 1. The van der Waals surface area contributed by atoms with Crippen LogP contribution < -0.4 is 4.90 Å². The Morgan fingerprint density at radius 1 is 0.885 bits per heavy atom. The molecule has 1 heterocycles. The second-order valence-corrected chi connectivity index (χ2v) is 9.78. The van der Waals surface area contributed by atoms with Gasteiger partial charge in [-0.25, -0.2) is 15.0 Å². The highest BCUT2D eigenvalue weighted by Crippen LogP contribution is 2.40. The molecule has 0 saturated heterocycles. The Hall–Kier alpha value is -0.270. The van der Waals surface area contributed by atoms with Crippen LogP contribution in [-0.4, -0.2) is 33.8 Å². The van der Waals surface area contributed by atoms with E-state index in [0.717, 1.165) is 0 Å². The van der Waals surface area contributed by atoms with Gasteiger partial charge in [-0.3, -0.25) is 4.79 Å². The van der Waals surface area contributed by atoms with Crippen LogP contribution in [-0.2, 0) is 12.4 Å². The molecule has 0 aliphatic rings. The van der Waals surface area contributed by atoms with Crippen LogP contribution in [0.15, 0.2) is 24.3 Å². The van der Waals surface area contributed by atoms with E-state index in [1.54, 1.807) is 24.3 Å². The fraction of sp³-hybridized carbons (Fsp3) is 0.286. The maximum atomic E-state index is 11.1. The summed E-state index contributed by atoms with van der Waals surface area (Å²) >= 11 is 40.8. The van der Waals surface area contributed by atoms with Gasteiger partial charge in [0.1, 0.15) is 0 Å². The lowest BCUT2D eigenvalue weighted by Gasteiger charge is -2.17. The Balaban J connectivity index is 2.49. The van der Waals surface area contributed by atoms with Crippen molar-refractivity contribution < 1.29 is 4.79 Å². The maximum absolute atomic E-state index is 11.1. The number of rotatable bonds is 5. The van der Waals surface area contributed by atoms with E-state index in [1.807, 2.05) is 0 Å². The molecule has 1 aromatic heterocycles. The number of halogens is 7. The first-order valence-electron chi connectivity index (χ1n) is 6.85. The number of nitrogens with zero attached hydrogens (tertiary/aromatic N) is 4. The predicted molar refractivity (Wildman–Crippen MR) is 108 cm³/mol. The normalized spacial score (nSPS) is 12.1. The number of aromatic nitrogens is 3. The highest BCUT2D eigenvalue weighted by Gasteiger charge is 2.34. The molecule has 0 N–H and O–H groups in total. The van der Waals surface area contributed by atoms with Crippen LogP contribution in [0.3, 0.4) is 0 Å². The van der Waals surface area contributed by atoms with Crippen molar-refractivity contribution in [3.05, 3.63) is 35.9 Å². The van der Waals surface area contributed by atoms with Gasteiger partial charge in [0.2, 0.25) is 14.0 Å². The van der Waals surface area contributed by atoms with E-state index < -0.39 is 7.59 Å². The van der Waals surface area contributed by atoms with Gasteiger partial charge >= 0.3 is 0 Å². The molecule has 1 aromatic carbocycles. The van der Waals surface area contributed by atoms with E-state index in [2.05, 4.69) is 15.0 Å². The third kappa shape index (κ3) is 5.61. The minimum atomic E-state index is -1.93. The quantitative estimate of drug-likeness (QED) is 0.411. The predicted octanol–water partition coefficient (Wildman–Crippen LogP) is 5.39. The van der Waals surface area contributed by atoms with Gasteiger partial charge in [-0.2, -0.15) is 0 Å². The molecule has 0 radical (unpaired) electrons. The van der Waals surface area contributed by atoms with Gasteiger partial charge in [-0.1, -0.05) is 69.6 Å². The van der Waals surface area contributed by atoms with Gasteiger partial charge < -0.3 is 4.90 Å². The van der Waals surface area contributed by atoms with Gasteiger partial charge in [0.15, 0.2) is 17.5 Å². The zero-order chi connectivity index (χ0) is 19.5. The zero-order valence-corrected chi connectivity index (χ0v) is 17.9. The molecular weight excluding hydrogens is 488 g/mol. The minimum absolute atomic E-state index is 0.143. The average Bonchev–Trinajstić information content (AvgIpc) is 2.58. The van der Waals surface area contributed by atoms with Gasteiger partial charge in [-0.05, 0) is 24.3 Å². The second-order valence-electron chi connectivity index (χ2n) is 4.84. The standard InChI is InChI=1S/C14H9Cl7N4O/c15-5-6-25(7-26)9-3-1-8(2-4-9)10-22-11(13(16,17)18)24-12(23-10)14(19,20)21/h1-4,7H,5-6H2. The van der Waals surface area contributed by atoms with Crippen molar-refractivity contribution in [2.75, 3.05) is 17.3 Å². The lowest BCUT2D eigenvalue weighted by molar-refractivity contribution is -0.107. The first-order chi connectivity index (χ1) is 12.1. The highest BCUT2D eigenvalue weighted by molar-refractivity contribution is 6.67. The summed E-state index contributed by atoms with van der Waals surface area (Å²) in [6.07, 6.45) is 0.683. The van der Waals surface area contributed by atoms with Crippen molar-refractivity contribution >= 4 is 93.3 Å². The summed E-state index contributed by atoms with van der Waals surface area (Å²) in [6, 6.07) is 6.70. The third-order valence-electron chi connectivity index (χ3n) is 3.05. The van der Waals surface area contributed by atoms with E-state index in [4.69, 9.17) is 81.2 Å². The molecule has 26 heavy (non-hydrogen) atoms. The maximum Gasteiger partial charge on any atom is 0.250 e. The minimum Gasteiger partial charge on any atom is -0.314 e. The molecule has 1 amide bonds. The summed E-state index contributed by atoms with van der Waals surface area (Å²) in [4.78, 5) is 24.7. The fourth-order valence-electron chi connectivity index (χ4n) is 1.89. The zero-order valence-electron chi connectivity index (χ0n) is 12.6. The number of alkyl halides is 7. The molecule has 5 nitrogen and oxygen atoms in total. The Morgan fingerprint density at radius 2 is 1.38 bits per heavy atom. The number of benzene rings is 1. The van der Waals surface area contributed by atoms with Gasteiger partial charge in [0.25, 0.3) is 0 Å². The molecule has 0 unspecified atom stereocenters. The lowest BCUT2D eigenvalue weighted by Crippen LogP contribution is -2.23. The van der Waals surface area contributed by atoms with Gasteiger partial charge in [0.05, 0.1) is 0 Å². The van der Waals surface area contributed by atoms with Crippen LogP contribution in [0.4, 0.5) is 5.69 Å². The summed E-state index contributed by atoms with van der Waals surface area (Å²) in [5, 5.41) is 0. The van der Waals surface area contributed by atoms with Crippen LogP contribution in [0.25, 0.3) is 11.4 Å². The number of hydrogen-bond acceptors (Lipinski definition) is 4. The van der Waals surface area contributed by atoms with Crippen LogP contribution in [0.5, 0.6) is 0 Å². The molecule has 0 aliphatic carbocycles. The molecule has 2 rings (SSSR count). The van der Waals surface area contributed by atoms with E-state index in [9.17, 15) is 4.79 Å². The SMILES string of the molecule is O=CN(CCCl)c1ccc(-c2nc(C(Cl)(Cl)Cl)nc(C(Cl)(Cl)Cl)n2)cc1. The average molecular weight is 497 g/mol. The van der Waals surface area contributed by atoms with Crippen LogP contribution >= 0.6 is 81.2 Å². The summed E-state index contributed by atoms with van der Waals surface area (Å²) in [7, 11) is 0. The first-order valence-corrected chi connectivity index (χ1v) is 9.65. The molecular formula is C14H9Cl7N4O. The van der Waals surface area contributed by atoms with E-state index in [1.165, 1.54) is 4.90 Å². The Labute approximate surface area is 184 Å². The first kappa shape index (κ1) is 22.0. The van der Waals surface area contributed by atoms with E-state index in [-0.39, 0.29) is 17.5 Å². The van der Waals surface area contributed by atoms with Crippen LogP contribution in [0.2, 0.25) is 0 Å². The summed E-state index contributed by atoms with van der Waals surface area (Å²) in [6.45, 7) is 0.366. The summed E-state index contributed by atoms with van der Waals surface area (Å²) in [5.74, 6) is 0.0704. The van der Waals surface area contributed by atoms with Crippen LogP contribution in [0.1, 0.15) is 11.6 Å².